The highest BCUT2D eigenvalue weighted by atomic mass is 16.5. The van der Waals surface area contributed by atoms with Crippen molar-refractivity contribution in [2.24, 2.45) is 5.73 Å². The van der Waals surface area contributed by atoms with E-state index in [0.29, 0.717) is 30.2 Å². The molecule has 2 aromatic rings. The molecule has 134 valence electrons. The molecule has 1 aromatic carbocycles. The van der Waals surface area contributed by atoms with Gasteiger partial charge in [0.1, 0.15) is 0 Å². The number of hydrogen-bond donors (Lipinski definition) is 2. The zero-order valence-electron chi connectivity index (χ0n) is 14.9. The first kappa shape index (κ1) is 18.7. The van der Waals surface area contributed by atoms with Crippen molar-refractivity contribution in [2.45, 2.75) is 26.3 Å². The lowest BCUT2D eigenvalue weighted by molar-refractivity contribution is 0.0938. The van der Waals surface area contributed by atoms with Gasteiger partial charge in [0.2, 0.25) is 0 Å². The number of ether oxygens (including phenoxy) is 2. The Morgan fingerprint density at radius 1 is 1.32 bits per heavy atom. The lowest BCUT2D eigenvalue weighted by Gasteiger charge is -2.16. The van der Waals surface area contributed by atoms with Crippen LogP contribution in [-0.2, 0) is 0 Å². The Balaban J connectivity index is 2.13. The standard InChI is InChI=1S/C19H25N3O3/c1-13-6-4-10-21-18(13)14(2)22-19(23)15-7-8-16(24-3)17(12-15)25-11-5-9-20/h4,6-8,10,12,14H,5,9,11,20H2,1-3H3,(H,22,23)/t14-/m0/s1. The summed E-state index contributed by atoms with van der Waals surface area (Å²) in [6, 6.07) is 8.77. The van der Waals surface area contributed by atoms with Gasteiger partial charge in [-0.3, -0.25) is 9.78 Å². The molecule has 6 heteroatoms. The summed E-state index contributed by atoms with van der Waals surface area (Å²) >= 11 is 0. The first-order chi connectivity index (χ1) is 12.1. The molecule has 0 fully saturated rings. The van der Waals surface area contributed by atoms with Gasteiger partial charge in [0.25, 0.3) is 5.91 Å². The molecule has 0 saturated heterocycles. The van der Waals surface area contributed by atoms with Crippen LogP contribution in [0.4, 0.5) is 0 Å². The molecular formula is C19H25N3O3. The van der Waals surface area contributed by atoms with E-state index in [1.54, 1.807) is 31.5 Å². The number of nitrogens with one attached hydrogen (secondary N) is 1. The van der Waals surface area contributed by atoms with Gasteiger partial charge in [-0.25, -0.2) is 0 Å². The highest BCUT2D eigenvalue weighted by Gasteiger charge is 2.16. The smallest absolute Gasteiger partial charge is 0.251 e. The van der Waals surface area contributed by atoms with Crippen molar-refractivity contribution in [3.63, 3.8) is 0 Å². The van der Waals surface area contributed by atoms with Crippen molar-refractivity contribution in [3.05, 3.63) is 53.3 Å². The largest absolute Gasteiger partial charge is 0.493 e. The van der Waals surface area contributed by atoms with Gasteiger partial charge < -0.3 is 20.5 Å². The zero-order chi connectivity index (χ0) is 18.2. The predicted molar refractivity (Wildman–Crippen MR) is 97.0 cm³/mol. The number of rotatable bonds is 8. The van der Waals surface area contributed by atoms with E-state index < -0.39 is 0 Å². The third-order valence-electron chi connectivity index (χ3n) is 3.84. The third-order valence-corrected chi connectivity index (χ3v) is 3.84. The van der Waals surface area contributed by atoms with Crippen molar-refractivity contribution in [1.29, 1.82) is 0 Å². The van der Waals surface area contributed by atoms with Crippen LogP contribution >= 0.6 is 0 Å². The number of carbonyl (C=O) groups is 1. The monoisotopic (exact) mass is 343 g/mol. The molecule has 0 saturated carbocycles. The minimum Gasteiger partial charge on any atom is -0.493 e. The Bertz CT molecular complexity index is 719. The lowest BCUT2D eigenvalue weighted by atomic mass is 10.1. The molecule has 0 radical (unpaired) electrons. The quantitative estimate of drug-likeness (QED) is 0.720. The SMILES string of the molecule is COc1ccc(C(=O)N[C@@H](C)c2ncccc2C)cc1OCCCN. The summed E-state index contributed by atoms with van der Waals surface area (Å²) in [4.78, 5) is 16.9. The molecule has 6 nitrogen and oxygen atoms in total. The summed E-state index contributed by atoms with van der Waals surface area (Å²) in [6.07, 6.45) is 2.46. The number of nitrogens with two attached hydrogens (primary N) is 1. The molecule has 0 bridgehead atoms. The number of benzene rings is 1. The van der Waals surface area contributed by atoms with Gasteiger partial charge in [-0.1, -0.05) is 6.07 Å². The third kappa shape index (κ3) is 4.93. The van der Waals surface area contributed by atoms with Crippen LogP contribution < -0.4 is 20.5 Å². The summed E-state index contributed by atoms with van der Waals surface area (Å²) in [6.45, 7) is 4.90. The Morgan fingerprint density at radius 2 is 2.12 bits per heavy atom. The van der Waals surface area contributed by atoms with Crippen LogP contribution in [0.25, 0.3) is 0 Å². The Kier molecular flexibility index (Phi) is 6.77. The minimum absolute atomic E-state index is 0.191. The van der Waals surface area contributed by atoms with Crippen molar-refractivity contribution < 1.29 is 14.3 Å². The summed E-state index contributed by atoms with van der Waals surface area (Å²) in [7, 11) is 1.57. The van der Waals surface area contributed by atoms with E-state index in [1.807, 2.05) is 26.0 Å². The molecule has 0 aliphatic carbocycles. The van der Waals surface area contributed by atoms with Crippen molar-refractivity contribution in [1.82, 2.24) is 10.3 Å². The number of amides is 1. The first-order valence-electron chi connectivity index (χ1n) is 8.30. The van der Waals surface area contributed by atoms with Gasteiger partial charge in [-0.05, 0) is 56.6 Å². The number of pyridine rings is 1. The molecule has 1 amide bonds. The minimum atomic E-state index is -0.197. The van der Waals surface area contributed by atoms with Gasteiger partial charge in [-0.15, -0.1) is 0 Å². The van der Waals surface area contributed by atoms with E-state index in [1.165, 1.54) is 0 Å². The van der Waals surface area contributed by atoms with E-state index in [4.69, 9.17) is 15.2 Å². The maximum atomic E-state index is 12.6. The van der Waals surface area contributed by atoms with Gasteiger partial charge in [0, 0.05) is 11.8 Å². The normalized spacial score (nSPS) is 11.7. The molecular weight excluding hydrogens is 318 g/mol. The van der Waals surface area contributed by atoms with E-state index in [0.717, 1.165) is 17.7 Å². The molecule has 1 atom stereocenters. The second kappa shape index (κ2) is 9.03. The van der Waals surface area contributed by atoms with Crippen LogP contribution in [0.3, 0.4) is 0 Å². The van der Waals surface area contributed by atoms with Crippen LogP contribution in [0.5, 0.6) is 11.5 Å². The fourth-order valence-corrected chi connectivity index (χ4v) is 2.50. The molecule has 0 aliphatic rings. The summed E-state index contributed by atoms with van der Waals surface area (Å²) in [5.41, 5.74) is 7.87. The molecule has 2 rings (SSSR count). The number of methoxy groups -OCH3 is 1. The van der Waals surface area contributed by atoms with Crippen LogP contribution in [0.1, 0.15) is 41.0 Å². The molecule has 25 heavy (non-hydrogen) atoms. The van der Waals surface area contributed by atoms with Crippen molar-refractivity contribution in [2.75, 3.05) is 20.3 Å². The second-order valence-electron chi connectivity index (χ2n) is 5.76. The van der Waals surface area contributed by atoms with Crippen LogP contribution in [-0.4, -0.2) is 31.2 Å². The average molecular weight is 343 g/mol. The number of nitrogens with zero attached hydrogens (tertiary/aromatic N) is 1. The Hall–Kier alpha value is -2.60. The maximum Gasteiger partial charge on any atom is 0.251 e. The summed E-state index contributed by atoms with van der Waals surface area (Å²) in [5, 5.41) is 2.97. The highest BCUT2D eigenvalue weighted by molar-refractivity contribution is 5.95. The van der Waals surface area contributed by atoms with Crippen molar-refractivity contribution >= 4 is 5.91 Å². The molecule has 0 unspecified atom stereocenters. The number of aryl methyl sites for hydroxylation is 1. The van der Waals surface area contributed by atoms with E-state index >= 15 is 0 Å². The zero-order valence-corrected chi connectivity index (χ0v) is 14.9. The highest BCUT2D eigenvalue weighted by Crippen LogP contribution is 2.28. The number of aromatic nitrogens is 1. The Labute approximate surface area is 148 Å². The fraction of sp³-hybridized carbons (Fsp3) is 0.368. The van der Waals surface area contributed by atoms with Gasteiger partial charge in [-0.2, -0.15) is 0 Å². The maximum absolute atomic E-state index is 12.6. The Morgan fingerprint density at radius 3 is 2.80 bits per heavy atom. The summed E-state index contributed by atoms with van der Waals surface area (Å²) in [5.74, 6) is 0.927. The topological polar surface area (TPSA) is 86.5 Å². The second-order valence-corrected chi connectivity index (χ2v) is 5.76. The first-order valence-corrected chi connectivity index (χ1v) is 8.30. The number of carbonyl (C=O) groups excluding carboxylic acids is 1. The summed E-state index contributed by atoms with van der Waals surface area (Å²) < 4.78 is 10.9. The average Bonchev–Trinajstić information content (AvgIpc) is 2.62. The van der Waals surface area contributed by atoms with Gasteiger partial charge in [0.05, 0.1) is 25.5 Å². The predicted octanol–water partition coefficient (Wildman–Crippen LogP) is 2.62. The van der Waals surface area contributed by atoms with E-state index in [-0.39, 0.29) is 11.9 Å². The number of hydrogen-bond acceptors (Lipinski definition) is 5. The lowest BCUT2D eigenvalue weighted by Crippen LogP contribution is -2.27. The van der Waals surface area contributed by atoms with Crippen LogP contribution in [0.2, 0.25) is 0 Å². The van der Waals surface area contributed by atoms with Crippen LogP contribution in [0.15, 0.2) is 36.5 Å². The molecule has 0 spiro atoms. The molecule has 0 aliphatic heterocycles. The molecule has 1 heterocycles. The fourth-order valence-electron chi connectivity index (χ4n) is 2.50. The van der Waals surface area contributed by atoms with Gasteiger partial charge >= 0.3 is 0 Å². The van der Waals surface area contributed by atoms with Gasteiger partial charge in [0.15, 0.2) is 11.5 Å². The molecule has 1 aromatic heterocycles. The van der Waals surface area contributed by atoms with E-state index in [9.17, 15) is 4.79 Å². The van der Waals surface area contributed by atoms with E-state index in [2.05, 4.69) is 10.3 Å². The van der Waals surface area contributed by atoms with Crippen LogP contribution in [0, 0.1) is 6.92 Å². The van der Waals surface area contributed by atoms with Crippen molar-refractivity contribution in [3.8, 4) is 11.5 Å². The molecule has 3 N–H and O–H groups in total.